The van der Waals surface area contributed by atoms with Crippen LogP contribution in [-0.2, 0) is 29.0 Å². The van der Waals surface area contributed by atoms with E-state index in [9.17, 15) is 9.59 Å². The zero-order valence-electron chi connectivity index (χ0n) is 32.5. The summed E-state index contributed by atoms with van der Waals surface area (Å²) in [5.74, 6) is 7.31. The molecule has 0 radical (unpaired) electrons. The van der Waals surface area contributed by atoms with E-state index in [1.165, 1.54) is 6.92 Å². The number of carbonyl (C=O) groups is 1. The zero-order valence-corrected chi connectivity index (χ0v) is 32.5. The van der Waals surface area contributed by atoms with Crippen LogP contribution in [0.2, 0.25) is 0 Å². The number of hydroxylamine groups is 2. The number of terminal acetylenes is 1. The maximum atomic E-state index is 17.7. The molecule has 0 atom stereocenters. The number of halogens is 1. The Morgan fingerprint density at radius 3 is 2.47 bits per heavy atom. The molecule has 7 rings (SSSR count). The molecule has 2 aliphatic heterocycles. The molecule has 2 saturated heterocycles. The Morgan fingerprint density at radius 2 is 1.76 bits per heavy atom. The fraction of sp³-hybridized carbons (Fsp3) is 0.366. The van der Waals surface area contributed by atoms with Crippen LogP contribution >= 0.6 is 0 Å². The molecule has 0 aliphatic carbocycles. The summed E-state index contributed by atoms with van der Waals surface area (Å²) in [6.45, 7) is 8.54. The summed E-state index contributed by atoms with van der Waals surface area (Å²) in [4.78, 5) is 64.9. The summed E-state index contributed by atoms with van der Waals surface area (Å²) < 4.78 is 33.6. The van der Waals surface area contributed by atoms with Crippen LogP contribution in [0.15, 0.2) is 58.4 Å². The Morgan fingerprint density at radius 1 is 1.02 bits per heavy atom. The van der Waals surface area contributed by atoms with E-state index in [1.807, 2.05) is 40.1 Å². The third kappa shape index (κ3) is 7.95. The molecule has 1 amide bonds. The Hall–Kier alpha value is -6.69. The molecular weight excluding hydrogens is 748 g/mol. The molecule has 0 saturated carbocycles. The molecule has 2 aromatic carbocycles. The van der Waals surface area contributed by atoms with E-state index < -0.39 is 23.0 Å². The highest BCUT2D eigenvalue weighted by atomic mass is 19.1. The second kappa shape index (κ2) is 17.6. The average Bonchev–Trinajstić information content (AvgIpc) is 3.62. The smallest absolute Gasteiger partial charge is 0.337 e. The Labute approximate surface area is 333 Å². The summed E-state index contributed by atoms with van der Waals surface area (Å²) in [7, 11) is 0. The molecule has 5 aromatic rings. The number of nitrogens with one attached hydrogen (secondary N) is 1. The van der Waals surface area contributed by atoms with Gasteiger partial charge in [-0.05, 0) is 38.0 Å². The molecule has 16 nitrogen and oxygen atoms in total. The van der Waals surface area contributed by atoms with Gasteiger partial charge in [0, 0.05) is 52.7 Å². The SMILES string of the molecule is C#CCN(Oc1ncnc(Oc2ccc(N3CCOCC3)c(F)c2-n2c(=O)n(CCc3ccccc3)c(=O)c3c2nc(N2CCNCC2)n3CC#CC)c1C)C(C)=O. The molecule has 5 heterocycles. The van der Waals surface area contributed by atoms with E-state index >= 15 is 9.18 Å². The Kier molecular flexibility index (Phi) is 12.0. The lowest BCUT2D eigenvalue weighted by atomic mass is 10.1. The van der Waals surface area contributed by atoms with Crippen LogP contribution in [0.4, 0.5) is 16.0 Å². The number of rotatable bonds is 12. The maximum Gasteiger partial charge on any atom is 0.337 e. The maximum absolute atomic E-state index is 17.7. The van der Waals surface area contributed by atoms with Crippen molar-refractivity contribution >= 4 is 28.7 Å². The third-order valence-corrected chi connectivity index (χ3v) is 9.91. The van der Waals surface area contributed by atoms with Crippen molar-refractivity contribution in [2.75, 3.05) is 68.8 Å². The lowest BCUT2D eigenvalue weighted by molar-refractivity contribution is -0.153. The van der Waals surface area contributed by atoms with Gasteiger partial charge < -0.3 is 29.4 Å². The fourth-order valence-corrected chi connectivity index (χ4v) is 6.91. The molecule has 17 heteroatoms. The summed E-state index contributed by atoms with van der Waals surface area (Å²) >= 11 is 0. The first-order valence-corrected chi connectivity index (χ1v) is 18.9. The van der Waals surface area contributed by atoms with Gasteiger partial charge in [-0.25, -0.2) is 18.7 Å². The number of morpholine rings is 1. The van der Waals surface area contributed by atoms with Gasteiger partial charge in [0.15, 0.2) is 22.7 Å². The van der Waals surface area contributed by atoms with E-state index in [4.69, 9.17) is 25.7 Å². The van der Waals surface area contributed by atoms with Gasteiger partial charge in [0.2, 0.25) is 11.8 Å². The lowest BCUT2D eigenvalue weighted by Crippen LogP contribution is -2.44. The molecule has 0 bridgehead atoms. The number of nitrogens with zero attached hydrogens (tertiary/aromatic N) is 9. The van der Waals surface area contributed by atoms with Gasteiger partial charge in [-0.3, -0.25) is 18.7 Å². The first-order chi connectivity index (χ1) is 28.2. The highest BCUT2D eigenvalue weighted by molar-refractivity contribution is 5.78. The van der Waals surface area contributed by atoms with Crippen LogP contribution in [0.5, 0.6) is 17.5 Å². The highest BCUT2D eigenvalue weighted by Gasteiger charge is 2.31. The number of fused-ring (bicyclic) bond motifs is 1. The molecular formula is C41H43FN10O6. The van der Waals surface area contributed by atoms with Crippen molar-refractivity contribution in [2.24, 2.45) is 0 Å². The topological polar surface area (TPSA) is 154 Å². The normalized spacial score (nSPS) is 14.1. The average molecular weight is 791 g/mol. The third-order valence-electron chi connectivity index (χ3n) is 9.91. The van der Waals surface area contributed by atoms with Gasteiger partial charge in [-0.15, -0.1) is 12.3 Å². The van der Waals surface area contributed by atoms with Gasteiger partial charge in [0.1, 0.15) is 18.6 Å². The molecule has 1 N–H and O–H groups in total. The summed E-state index contributed by atoms with van der Waals surface area (Å²) in [6, 6.07) is 12.6. The predicted octanol–water partition coefficient (Wildman–Crippen LogP) is 2.67. The van der Waals surface area contributed by atoms with Crippen LogP contribution in [-0.4, -0.2) is 98.7 Å². The number of ether oxygens (including phenoxy) is 2. The quantitative estimate of drug-likeness (QED) is 0.146. The molecule has 2 fully saturated rings. The lowest BCUT2D eigenvalue weighted by Gasteiger charge is -2.30. The monoisotopic (exact) mass is 790 g/mol. The number of aromatic nitrogens is 6. The van der Waals surface area contributed by atoms with Crippen molar-refractivity contribution in [3.63, 3.8) is 0 Å². The number of piperazine rings is 1. The second-order valence-electron chi connectivity index (χ2n) is 13.6. The van der Waals surface area contributed by atoms with Gasteiger partial charge in [0.25, 0.3) is 17.3 Å². The molecule has 0 spiro atoms. The fourth-order valence-electron chi connectivity index (χ4n) is 6.91. The Balaban J connectivity index is 1.49. The zero-order chi connectivity index (χ0) is 40.8. The molecule has 2 aliphatic rings. The number of benzene rings is 2. The van der Waals surface area contributed by atoms with Crippen molar-refractivity contribution in [1.82, 2.24) is 39.0 Å². The first-order valence-electron chi connectivity index (χ1n) is 18.9. The van der Waals surface area contributed by atoms with Gasteiger partial charge in [0.05, 0.1) is 31.0 Å². The number of hydrogen-bond acceptors (Lipinski definition) is 12. The van der Waals surface area contributed by atoms with Crippen LogP contribution < -0.4 is 35.9 Å². The van der Waals surface area contributed by atoms with Gasteiger partial charge in [-0.2, -0.15) is 15.0 Å². The minimum Gasteiger partial charge on any atom is -0.436 e. The van der Waals surface area contributed by atoms with Crippen molar-refractivity contribution in [1.29, 1.82) is 0 Å². The summed E-state index contributed by atoms with van der Waals surface area (Å²) in [5.41, 5.74) is -0.314. The largest absolute Gasteiger partial charge is 0.436 e. The van der Waals surface area contributed by atoms with Crippen molar-refractivity contribution in [2.45, 2.75) is 40.3 Å². The van der Waals surface area contributed by atoms with E-state index in [0.29, 0.717) is 64.9 Å². The molecule has 58 heavy (non-hydrogen) atoms. The van der Waals surface area contributed by atoms with Crippen molar-refractivity contribution < 1.29 is 23.5 Å². The minimum atomic E-state index is -0.816. The summed E-state index contributed by atoms with van der Waals surface area (Å²) in [5, 5.41) is 4.28. The Bertz CT molecular complexity index is 2540. The number of imidazole rings is 1. The molecule has 300 valence electrons. The highest BCUT2D eigenvalue weighted by Crippen LogP contribution is 2.38. The van der Waals surface area contributed by atoms with Crippen LogP contribution in [0.3, 0.4) is 0 Å². The standard InChI is InChI=1S/C41H43FN10O6/c1-5-7-19-49-35-36(46-40(49)48-21-16-43-17-22-48)52(41(55)50(39(35)54)20-15-30-11-9-8-10-12-30)34-32(14-13-31(33(34)42)47-23-25-56-26-24-47)57-37-28(3)38(45-27-44-37)58-51(18-6-2)29(4)53/h2,8-14,27,43H,15-26H2,1,3-4H3. The minimum absolute atomic E-state index is 0.0117. The van der Waals surface area contributed by atoms with E-state index in [1.54, 1.807) is 30.5 Å². The van der Waals surface area contributed by atoms with Crippen molar-refractivity contribution in [3.05, 3.63) is 86.6 Å². The van der Waals surface area contributed by atoms with Crippen molar-refractivity contribution in [3.8, 4) is 47.4 Å². The predicted molar refractivity (Wildman–Crippen MR) is 215 cm³/mol. The van der Waals surface area contributed by atoms with Crippen LogP contribution in [0.1, 0.15) is 25.0 Å². The number of amides is 1. The van der Waals surface area contributed by atoms with E-state index in [-0.39, 0.29) is 65.2 Å². The number of anilines is 2. The number of aryl methyl sites for hydroxylation is 1. The van der Waals surface area contributed by atoms with E-state index in [2.05, 4.69) is 33.0 Å². The van der Waals surface area contributed by atoms with Gasteiger partial charge in [-0.1, -0.05) is 42.2 Å². The number of carbonyl (C=O) groups excluding carboxylic acids is 1. The van der Waals surface area contributed by atoms with Crippen LogP contribution in [0.25, 0.3) is 16.9 Å². The van der Waals surface area contributed by atoms with Gasteiger partial charge >= 0.3 is 5.69 Å². The van der Waals surface area contributed by atoms with Crippen LogP contribution in [0, 0.1) is 36.9 Å². The molecule has 0 unspecified atom stereocenters. The first kappa shape index (κ1) is 39.5. The molecule has 3 aromatic heterocycles. The second-order valence-corrected chi connectivity index (χ2v) is 13.6. The number of hydrogen-bond donors (Lipinski definition) is 1. The summed E-state index contributed by atoms with van der Waals surface area (Å²) in [6.07, 6.45) is 6.95. The van der Waals surface area contributed by atoms with E-state index in [0.717, 1.165) is 26.1 Å².